The van der Waals surface area contributed by atoms with Gasteiger partial charge in [0.2, 0.25) is 0 Å². The van der Waals surface area contributed by atoms with Gasteiger partial charge < -0.3 is 14.3 Å². The van der Waals surface area contributed by atoms with Crippen molar-refractivity contribution in [2.45, 2.75) is 39.5 Å². The number of hydrogen-bond acceptors (Lipinski definition) is 11. The van der Waals surface area contributed by atoms with Crippen LogP contribution < -0.4 is 15.4 Å². The van der Waals surface area contributed by atoms with Crippen molar-refractivity contribution in [3.63, 3.8) is 0 Å². The number of aromatic nitrogens is 4. The first-order chi connectivity index (χ1) is 24.3. The molecule has 5 heterocycles. The molecule has 0 saturated heterocycles. The molecule has 5 aromatic rings. The van der Waals surface area contributed by atoms with Gasteiger partial charge in [-0.15, -0.1) is 5.06 Å². The standard InChI is InChI=1S/C23H21N3O4.C15H19N3O2/c1-15-13-17(29-2)14-21(24-15)20-11-5-7-16(25-20)8-6-12-30-26-22(27)18-9-3-4-10-19(18)23(26)28;1-11-9-13(19-2)10-15(17-11)14-7-3-5-12(18-14)6-4-8-20-16/h3-5,7,9-11,13-14H,6,8,12H2,1-2H3;3,5,7,9-10H,4,6,8,16H2,1-2H3. The molecule has 6 rings (SSSR count). The van der Waals surface area contributed by atoms with Gasteiger partial charge in [0.25, 0.3) is 11.8 Å². The van der Waals surface area contributed by atoms with Crippen molar-refractivity contribution in [1.82, 2.24) is 25.0 Å². The van der Waals surface area contributed by atoms with Crippen molar-refractivity contribution in [1.29, 1.82) is 0 Å². The van der Waals surface area contributed by atoms with Gasteiger partial charge in [0, 0.05) is 47.0 Å². The van der Waals surface area contributed by atoms with Crippen molar-refractivity contribution < 1.29 is 28.7 Å². The Balaban J connectivity index is 0.000000211. The van der Waals surface area contributed by atoms with Gasteiger partial charge in [0.05, 0.1) is 61.3 Å². The van der Waals surface area contributed by atoms with E-state index in [0.29, 0.717) is 30.6 Å². The molecule has 0 bridgehead atoms. The maximum atomic E-state index is 12.3. The van der Waals surface area contributed by atoms with Gasteiger partial charge >= 0.3 is 0 Å². The lowest BCUT2D eigenvalue weighted by Crippen LogP contribution is -2.30. The highest BCUT2D eigenvalue weighted by Gasteiger charge is 2.36. The topological polar surface area (TPSA) is 152 Å². The van der Waals surface area contributed by atoms with Crippen LogP contribution in [0.5, 0.6) is 11.5 Å². The van der Waals surface area contributed by atoms with Crippen molar-refractivity contribution in [3.05, 3.63) is 119 Å². The Morgan fingerprint density at radius 2 is 1.08 bits per heavy atom. The minimum Gasteiger partial charge on any atom is -0.497 e. The normalized spacial score (nSPS) is 12.0. The Morgan fingerprint density at radius 3 is 1.54 bits per heavy atom. The summed E-state index contributed by atoms with van der Waals surface area (Å²) in [5, 5.41) is 0.845. The number of hydrogen-bond donors (Lipinski definition) is 1. The largest absolute Gasteiger partial charge is 0.497 e. The van der Waals surface area contributed by atoms with Gasteiger partial charge in [0.15, 0.2) is 0 Å². The monoisotopic (exact) mass is 676 g/mol. The highest BCUT2D eigenvalue weighted by molar-refractivity contribution is 6.20. The molecule has 0 atom stereocenters. The lowest BCUT2D eigenvalue weighted by Gasteiger charge is -2.13. The molecule has 258 valence electrons. The zero-order chi connectivity index (χ0) is 35.5. The molecule has 0 radical (unpaired) electrons. The van der Waals surface area contributed by atoms with E-state index in [1.54, 1.807) is 38.5 Å². The first kappa shape index (κ1) is 35.7. The van der Waals surface area contributed by atoms with Crippen molar-refractivity contribution in [2.75, 3.05) is 27.4 Å². The van der Waals surface area contributed by atoms with Crippen LogP contribution in [0.2, 0.25) is 0 Å². The van der Waals surface area contributed by atoms with Crippen LogP contribution in [0.25, 0.3) is 22.8 Å². The number of carbonyl (C=O) groups is 2. The SMILES string of the molecule is COc1cc(C)nc(-c2cccc(CCCON)n2)c1.COc1cc(C)nc(-c2cccc(CCCON3C(=O)c4ccccc4C3=O)n2)c1. The van der Waals surface area contributed by atoms with Crippen LogP contribution in [0.1, 0.15) is 56.3 Å². The third kappa shape index (κ3) is 9.11. The van der Waals surface area contributed by atoms with Gasteiger partial charge in [0.1, 0.15) is 11.5 Å². The van der Waals surface area contributed by atoms with Crippen LogP contribution in [0.3, 0.4) is 0 Å². The number of ether oxygens (including phenoxy) is 2. The van der Waals surface area contributed by atoms with E-state index in [2.05, 4.69) is 24.8 Å². The number of methoxy groups -OCH3 is 2. The number of benzene rings is 1. The van der Waals surface area contributed by atoms with E-state index in [-0.39, 0.29) is 6.61 Å². The summed E-state index contributed by atoms with van der Waals surface area (Å²) in [7, 11) is 3.27. The lowest BCUT2D eigenvalue weighted by molar-refractivity contribution is -0.0918. The molecule has 0 saturated carbocycles. The molecule has 0 spiro atoms. The van der Waals surface area contributed by atoms with Gasteiger partial charge in [-0.3, -0.25) is 34.4 Å². The maximum Gasteiger partial charge on any atom is 0.285 e. The summed E-state index contributed by atoms with van der Waals surface area (Å²) in [6.45, 7) is 4.61. The van der Waals surface area contributed by atoms with Crippen molar-refractivity contribution in [3.8, 4) is 34.3 Å². The summed E-state index contributed by atoms with van der Waals surface area (Å²) in [5.41, 5.74) is 7.55. The fraction of sp³-hybridized carbons (Fsp3) is 0.263. The lowest BCUT2D eigenvalue weighted by atomic mass is 10.1. The van der Waals surface area contributed by atoms with Crippen LogP contribution in [-0.2, 0) is 22.5 Å². The molecule has 12 heteroatoms. The second-order valence-electron chi connectivity index (χ2n) is 11.5. The molecule has 0 unspecified atom stereocenters. The number of amides is 2. The number of carbonyl (C=O) groups excluding carboxylic acids is 2. The Labute approximate surface area is 291 Å². The zero-order valence-electron chi connectivity index (χ0n) is 28.6. The summed E-state index contributed by atoms with van der Waals surface area (Å²) >= 11 is 0. The summed E-state index contributed by atoms with van der Waals surface area (Å²) in [6.07, 6.45) is 2.92. The maximum absolute atomic E-state index is 12.3. The molecule has 0 fully saturated rings. The van der Waals surface area contributed by atoms with Gasteiger partial charge in [-0.25, -0.2) is 5.90 Å². The molecule has 1 aliphatic heterocycles. The molecule has 1 aliphatic rings. The van der Waals surface area contributed by atoms with Gasteiger partial charge in [-0.1, -0.05) is 24.3 Å². The molecule has 2 N–H and O–H groups in total. The molecular formula is C38H40N6O6. The Morgan fingerprint density at radius 1 is 0.600 bits per heavy atom. The van der Waals surface area contributed by atoms with E-state index >= 15 is 0 Å². The van der Waals surface area contributed by atoms with E-state index in [0.717, 1.165) is 75.0 Å². The third-order valence-corrected chi connectivity index (χ3v) is 7.71. The third-order valence-electron chi connectivity index (χ3n) is 7.71. The Kier molecular flexibility index (Phi) is 12.3. The average Bonchev–Trinajstić information content (AvgIpc) is 3.38. The first-order valence-electron chi connectivity index (χ1n) is 16.2. The van der Waals surface area contributed by atoms with Gasteiger partial charge in [-0.05, 0) is 75.9 Å². The minimum absolute atomic E-state index is 0.230. The second kappa shape index (κ2) is 17.2. The fourth-order valence-corrected chi connectivity index (χ4v) is 5.32. The number of pyridine rings is 4. The van der Waals surface area contributed by atoms with Crippen LogP contribution in [-0.4, -0.2) is 64.2 Å². The predicted octanol–water partition coefficient (Wildman–Crippen LogP) is 5.90. The molecule has 2 amide bonds. The first-order valence-corrected chi connectivity index (χ1v) is 16.2. The number of aryl methyl sites for hydroxylation is 4. The van der Waals surface area contributed by atoms with E-state index in [9.17, 15) is 9.59 Å². The molecule has 50 heavy (non-hydrogen) atoms. The summed E-state index contributed by atoms with van der Waals surface area (Å²) in [4.78, 5) is 53.0. The smallest absolute Gasteiger partial charge is 0.285 e. The minimum atomic E-state index is -0.421. The molecular weight excluding hydrogens is 636 g/mol. The second-order valence-corrected chi connectivity index (χ2v) is 11.5. The fourth-order valence-electron chi connectivity index (χ4n) is 5.32. The highest BCUT2D eigenvalue weighted by Crippen LogP contribution is 2.25. The summed E-state index contributed by atoms with van der Waals surface area (Å²) in [5.74, 6) is 5.70. The van der Waals surface area contributed by atoms with Crippen molar-refractivity contribution >= 4 is 11.8 Å². The average molecular weight is 677 g/mol. The van der Waals surface area contributed by atoms with E-state index in [1.165, 1.54) is 0 Å². The number of hydroxylamine groups is 2. The highest BCUT2D eigenvalue weighted by atomic mass is 16.7. The van der Waals surface area contributed by atoms with E-state index < -0.39 is 11.8 Å². The van der Waals surface area contributed by atoms with Crippen LogP contribution in [0, 0.1) is 13.8 Å². The Bertz CT molecular complexity index is 1920. The van der Waals surface area contributed by atoms with Crippen LogP contribution >= 0.6 is 0 Å². The van der Waals surface area contributed by atoms with Gasteiger partial charge in [-0.2, -0.15) is 0 Å². The number of nitrogens with two attached hydrogens (primary N) is 1. The summed E-state index contributed by atoms with van der Waals surface area (Å²) in [6, 6.07) is 25.9. The van der Waals surface area contributed by atoms with Crippen LogP contribution in [0.15, 0.2) is 84.9 Å². The number of fused-ring (bicyclic) bond motifs is 1. The molecule has 12 nitrogen and oxygen atoms in total. The molecule has 0 aliphatic carbocycles. The predicted molar refractivity (Wildman–Crippen MR) is 187 cm³/mol. The molecule has 1 aromatic carbocycles. The van der Waals surface area contributed by atoms with E-state index in [4.69, 9.17) is 20.2 Å². The Hall–Kier alpha value is -5.56. The summed E-state index contributed by atoms with van der Waals surface area (Å²) < 4.78 is 10.6. The number of nitrogens with zero attached hydrogens (tertiary/aromatic N) is 5. The zero-order valence-corrected chi connectivity index (χ0v) is 28.6. The van der Waals surface area contributed by atoms with E-state index in [1.807, 2.05) is 74.5 Å². The molecule has 4 aromatic heterocycles. The quantitative estimate of drug-likeness (QED) is 0.0901. The number of rotatable bonds is 13. The van der Waals surface area contributed by atoms with Crippen LogP contribution in [0.4, 0.5) is 0 Å². The number of imide groups is 1. The van der Waals surface area contributed by atoms with Crippen molar-refractivity contribution in [2.24, 2.45) is 5.90 Å².